The van der Waals surface area contributed by atoms with Crippen LogP contribution in [0.3, 0.4) is 0 Å². The monoisotopic (exact) mass is 652 g/mol. The van der Waals surface area contributed by atoms with Crippen molar-refractivity contribution in [3.63, 3.8) is 0 Å². The van der Waals surface area contributed by atoms with E-state index in [1.807, 2.05) is 53.1 Å². The van der Waals surface area contributed by atoms with E-state index in [4.69, 9.17) is 6.57 Å². The lowest BCUT2D eigenvalue weighted by Crippen LogP contribution is -2.74. The van der Waals surface area contributed by atoms with Gasteiger partial charge in [-0.2, -0.15) is 10.5 Å². The Bertz CT molecular complexity index is 2560. The van der Waals surface area contributed by atoms with Crippen molar-refractivity contribution in [1.82, 2.24) is 4.57 Å². The van der Waals surface area contributed by atoms with Gasteiger partial charge in [0.05, 0.1) is 40.5 Å². The number of benzene rings is 7. The summed E-state index contributed by atoms with van der Waals surface area (Å²) >= 11 is 0. The summed E-state index contributed by atoms with van der Waals surface area (Å²) in [7, 11) is -2.72. The molecule has 0 bridgehead atoms. The third-order valence-corrected chi connectivity index (χ3v) is 14.5. The summed E-state index contributed by atoms with van der Waals surface area (Å²) < 4.78 is 2.01. The second-order valence-corrected chi connectivity index (χ2v) is 16.0. The fraction of sp³-hybridized carbons (Fsp3) is 0. The van der Waals surface area contributed by atoms with Crippen LogP contribution in [0.15, 0.2) is 170 Å². The minimum absolute atomic E-state index is 0.387. The van der Waals surface area contributed by atoms with Gasteiger partial charge < -0.3 is 4.57 Å². The van der Waals surface area contributed by atoms with Crippen LogP contribution in [-0.2, 0) is 0 Å². The van der Waals surface area contributed by atoms with E-state index in [1.54, 1.807) is 6.07 Å². The van der Waals surface area contributed by atoms with Crippen molar-refractivity contribution in [1.29, 1.82) is 10.5 Å². The number of hydrogen-bond acceptors (Lipinski definition) is 2. The molecule has 1 aromatic heterocycles. The van der Waals surface area contributed by atoms with Gasteiger partial charge in [0.2, 0.25) is 5.69 Å². The van der Waals surface area contributed by atoms with Gasteiger partial charge in [0.25, 0.3) is 0 Å². The Hall–Kier alpha value is -6.97. The largest absolute Gasteiger partial charge is 0.318 e. The predicted octanol–water partition coefficient (Wildman–Crippen LogP) is 8.12. The first-order valence-electron chi connectivity index (χ1n) is 16.3. The average Bonchev–Trinajstić information content (AvgIpc) is 3.52. The molecule has 0 aliphatic rings. The lowest BCUT2D eigenvalue weighted by Gasteiger charge is -2.34. The van der Waals surface area contributed by atoms with Gasteiger partial charge in [-0.25, -0.2) is 4.85 Å². The summed E-state index contributed by atoms with van der Waals surface area (Å²) in [6.07, 6.45) is 0. The molecule has 5 heteroatoms. The fourth-order valence-electron chi connectivity index (χ4n) is 7.50. The van der Waals surface area contributed by atoms with Crippen LogP contribution < -0.4 is 20.7 Å². The molecule has 0 radical (unpaired) electrons. The Balaban J connectivity index is 1.36. The van der Waals surface area contributed by atoms with Gasteiger partial charge >= 0.3 is 0 Å². The molecule has 0 atom stereocenters. The second-order valence-electron chi connectivity index (χ2n) is 12.2. The minimum Gasteiger partial charge on any atom is -0.318 e. The standard InChI is InChI=1S/C45H28N4Si/c1-48-42-27-26-38(41(31-47)45(42)49-43-20-12-11-19-39(43)40-29-32(30-46)21-28-44(40)49)33-22-24-37(25-23-33)50(34-13-5-2-6-14-34,35-15-7-3-8-16-35)36-17-9-4-10-18-36/h2-29H. The topological polar surface area (TPSA) is 56.9 Å². The predicted molar refractivity (Wildman–Crippen MR) is 206 cm³/mol. The fourth-order valence-corrected chi connectivity index (χ4v) is 12.2. The summed E-state index contributed by atoms with van der Waals surface area (Å²) in [6.45, 7) is 8.12. The van der Waals surface area contributed by atoms with Crippen molar-refractivity contribution in [2.24, 2.45) is 0 Å². The van der Waals surface area contributed by atoms with Crippen LogP contribution in [0.25, 0.3) is 43.5 Å². The molecule has 0 aliphatic heterocycles. The Morgan fingerprint density at radius 3 is 1.62 bits per heavy atom. The molecule has 4 nitrogen and oxygen atoms in total. The zero-order valence-corrected chi connectivity index (χ0v) is 28.0. The molecule has 50 heavy (non-hydrogen) atoms. The van der Waals surface area contributed by atoms with Crippen molar-refractivity contribution in [2.45, 2.75) is 0 Å². The molecule has 232 valence electrons. The normalized spacial score (nSPS) is 11.1. The van der Waals surface area contributed by atoms with Crippen molar-refractivity contribution >= 4 is 56.3 Å². The summed E-state index contributed by atoms with van der Waals surface area (Å²) in [5.41, 5.74) is 5.27. The SMILES string of the molecule is [C-]#[N+]c1ccc(-c2ccc([Si](c3ccccc3)(c3ccccc3)c3ccccc3)cc2)c(C#N)c1-n1c2ccccc2c2cc(C#N)ccc21. The minimum atomic E-state index is -2.72. The van der Waals surface area contributed by atoms with Crippen LogP contribution in [0.4, 0.5) is 5.69 Å². The highest BCUT2D eigenvalue weighted by Gasteiger charge is 2.41. The molecule has 0 fully saturated rings. The Morgan fingerprint density at radius 1 is 0.520 bits per heavy atom. The number of rotatable bonds is 6. The molecular formula is C45H28N4Si. The van der Waals surface area contributed by atoms with Gasteiger partial charge in [0.1, 0.15) is 6.07 Å². The van der Waals surface area contributed by atoms with Gasteiger partial charge in [-0.1, -0.05) is 146 Å². The molecule has 0 N–H and O–H groups in total. The highest BCUT2D eigenvalue weighted by molar-refractivity contribution is 7.19. The smallest absolute Gasteiger partial charge is 0.211 e. The lowest BCUT2D eigenvalue weighted by molar-refractivity contribution is 1.17. The zero-order chi connectivity index (χ0) is 34.1. The molecule has 0 spiro atoms. The van der Waals surface area contributed by atoms with Gasteiger partial charge in [0, 0.05) is 10.8 Å². The quantitative estimate of drug-likeness (QED) is 0.104. The number of nitrogens with zero attached hydrogens (tertiary/aromatic N) is 4. The van der Waals surface area contributed by atoms with E-state index in [2.05, 4.69) is 132 Å². The number of aromatic nitrogens is 1. The van der Waals surface area contributed by atoms with E-state index >= 15 is 0 Å². The second kappa shape index (κ2) is 12.6. The van der Waals surface area contributed by atoms with Crippen LogP contribution in [0.1, 0.15) is 11.1 Å². The molecule has 8 rings (SSSR count). The van der Waals surface area contributed by atoms with Crippen molar-refractivity contribution in [3.8, 4) is 29.0 Å². The van der Waals surface area contributed by atoms with Crippen LogP contribution in [0, 0.1) is 29.2 Å². The van der Waals surface area contributed by atoms with E-state index in [9.17, 15) is 10.5 Å². The molecule has 0 saturated carbocycles. The van der Waals surface area contributed by atoms with Crippen LogP contribution in [0.2, 0.25) is 0 Å². The van der Waals surface area contributed by atoms with Crippen molar-refractivity contribution in [3.05, 3.63) is 192 Å². The third-order valence-electron chi connectivity index (χ3n) is 9.66. The van der Waals surface area contributed by atoms with E-state index < -0.39 is 8.07 Å². The number of nitriles is 2. The zero-order valence-electron chi connectivity index (χ0n) is 27.0. The highest BCUT2D eigenvalue weighted by atomic mass is 28.3. The maximum atomic E-state index is 10.8. The summed E-state index contributed by atoms with van der Waals surface area (Å²) in [5.74, 6) is 0. The van der Waals surface area contributed by atoms with E-state index in [1.165, 1.54) is 20.7 Å². The van der Waals surface area contributed by atoms with E-state index in [-0.39, 0.29) is 0 Å². The van der Waals surface area contributed by atoms with Gasteiger partial charge in [-0.15, -0.1) is 0 Å². The molecule has 8 aromatic rings. The molecular weight excluding hydrogens is 625 g/mol. The first kappa shape index (κ1) is 30.4. The number of hydrogen-bond donors (Lipinski definition) is 0. The molecule has 0 aliphatic carbocycles. The van der Waals surface area contributed by atoms with Gasteiger partial charge in [0.15, 0.2) is 8.07 Å². The van der Waals surface area contributed by atoms with Crippen LogP contribution in [0.5, 0.6) is 0 Å². The van der Waals surface area contributed by atoms with Crippen LogP contribution >= 0.6 is 0 Å². The third kappa shape index (κ3) is 4.72. The first-order chi connectivity index (χ1) is 24.7. The molecule has 7 aromatic carbocycles. The Morgan fingerprint density at radius 2 is 1.06 bits per heavy atom. The number of fused-ring (bicyclic) bond motifs is 3. The van der Waals surface area contributed by atoms with Gasteiger partial charge in [-0.05, 0) is 56.1 Å². The molecule has 0 amide bonds. The summed E-state index contributed by atoms with van der Waals surface area (Å²) in [5, 5.41) is 27.4. The summed E-state index contributed by atoms with van der Waals surface area (Å²) in [4.78, 5) is 3.90. The Kier molecular flexibility index (Phi) is 7.63. The van der Waals surface area contributed by atoms with Crippen LogP contribution in [-0.4, -0.2) is 12.6 Å². The van der Waals surface area contributed by atoms with Crippen molar-refractivity contribution in [2.75, 3.05) is 0 Å². The average molecular weight is 653 g/mol. The highest BCUT2D eigenvalue weighted by Crippen LogP contribution is 2.40. The maximum Gasteiger partial charge on any atom is 0.211 e. The van der Waals surface area contributed by atoms with E-state index in [0.717, 1.165) is 32.9 Å². The number of para-hydroxylation sites is 1. The van der Waals surface area contributed by atoms with Crippen molar-refractivity contribution < 1.29 is 0 Å². The lowest BCUT2D eigenvalue weighted by atomic mass is 9.97. The molecule has 0 unspecified atom stereocenters. The summed E-state index contributed by atoms with van der Waals surface area (Å²) in [6, 6.07) is 63.0. The van der Waals surface area contributed by atoms with Gasteiger partial charge in [-0.3, -0.25) is 0 Å². The van der Waals surface area contributed by atoms with E-state index in [0.29, 0.717) is 22.5 Å². The first-order valence-corrected chi connectivity index (χ1v) is 18.3. The molecule has 0 saturated heterocycles. The maximum absolute atomic E-state index is 10.8. The Labute approximate surface area is 291 Å². The molecule has 1 heterocycles.